The van der Waals surface area contributed by atoms with Crippen LogP contribution >= 0.6 is 11.6 Å². The van der Waals surface area contributed by atoms with Crippen molar-refractivity contribution in [1.82, 2.24) is 9.78 Å². The molecule has 2 rings (SSSR count). The molecule has 0 radical (unpaired) electrons. The molecule has 4 nitrogen and oxygen atoms in total. The maximum Gasteiger partial charge on any atom is 0.129 e. The molecular weight excluding hydrogens is 286 g/mol. The number of hydrogen-bond donors (Lipinski definition) is 1. The molecule has 0 saturated heterocycles. The van der Waals surface area contributed by atoms with Crippen LogP contribution in [0.4, 0.5) is 5.82 Å². The highest BCUT2D eigenvalue weighted by Gasteiger charge is 2.22. The van der Waals surface area contributed by atoms with Gasteiger partial charge in [0.2, 0.25) is 0 Å². The molecule has 5 heteroatoms. The molecule has 0 aliphatic carbocycles. The zero-order chi connectivity index (χ0) is 15.6. The van der Waals surface area contributed by atoms with Gasteiger partial charge in [-0.25, -0.2) is 0 Å². The summed E-state index contributed by atoms with van der Waals surface area (Å²) in [6.45, 7) is 4.34. The van der Waals surface area contributed by atoms with E-state index in [1.54, 1.807) is 11.8 Å². The van der Waals surface area contributed by atoms with Gasteiger partial charge in [0.05, 0.1) is 18.4 Å². The zero-order valence-electron chi connectivity index (χ0n) is 13.0. The average Bonchev–Trinajstić information content (AvgIpc) is 2.75. The van der Waals surface area contributed by atoms with Crippen LogP contribution < -0.4 is 10.5 Å². The summed E-state index contributed by atoms with van der Waals surface area (Å²) in [7, 11) is 3.51. The Hall–Kier alpha value is -1.68. The quantitative estimate of drug-likeness (QED) is 0.899. The van der Waals surface area contributed by atoms with Gasteiger partial charge in [0.25, 0.3) is 0 Å². The summed E-state index contributed by atoms with van der Waals surface area (Å²) < 4.78 is 7.18. The SMILES string of the molecule is CCCC(C)c1nn(C)c(N)c1-c1cc(Cl)ccc1OC. The average molecular weight is 308 g/mol. The van der Waals surface area contributed by atoms with Gasteiger partial charge in [-0.05, 0) is 24.6 Å². The van der Waals surface area contributed by atoms with Crippen molar-refractivity contribution >= 4 is 17.4 Å². The van der Waals surface area contributed by atoms with Crippen molar-refractivity contribution in [2.75, 3.05) is 12.8 Å². The van der Waals surface area contributed by atoms with E-state index in [1.807, 2.05) is 25.2 Å². The van der Waals surface area contributed by atoms with Crippen molar-refractivity contribution in [2.45, 2.75) is 32.6 Å². The van der Waals surface area contributed by atoms with E-state index in [2.05, 4.69) is 18.9 Å². The van der Waals surface area contributed by atoms with Gasteiger partial charge in [0.1, 0.15) is 11.6 Å². The second-order valence-electron chi connectivity index (χ2n) is 5.30. The third-order valence-corrected chi connectivity index (χ3v) is 3.97. The number of ether oxygens (including phenoxy) is 1. The van der Waals surface area contributed by atoms with E-state index in [-0.39, 0.29) is 0 Å². The van der Waals surface area contributed by atoms with E-state index in [4.69, 9.17) is 22.1 Å². The third kappa shape index (κ3) is 3.00. The number of methoxy groups -OCH3 is 1. The number of hydrogen-bond acceptors (Lipinski definition) is 3. The third-order valence-electron chi connectivity index (χ3n) is 3.74. The van der Waals surface area contributed by atoms with E-state index in [1.165, 1.54) is 0 Å². The topological polar surface area (TPSA) is 53.1 Å². The van der Waals surface area contributed by atoms with Crippen LogP contribution in [0.5, 0.6) is 5.75 Å². The number of aryl methyl sites for hydroxylation is 1. The first-order valence-corrected chi connectivity index (χ1v) is 7.53. The van der Waals surface area contributed by atoms with Gasteiger partial charge in [-0.15, -0.1) is 0 Å². The highest BCUT2D eigenvalue weighted by Crippen LogP contribution is 2.40. The lowest BCUT2D eigenvalue weighted by atomic mass is 9.94. The lowest BCUT2D eigenvalue weighted by molar-refractivity contribution is 0.416. The fourth-order valence-electron chi connectivity index (χ4n) is 2.62. The highest BCUT2D eigenvalue weighted by atomic mass is 35.5. The molecule has 0 saturated carbocycles. The zero-order valence-corrected chi connectivity index (χ0v) is 13.7. The highest BCUT2D eigenvalue weighted by molar-refractivity contribution is 6.31. The molecule has 114 valence electrons. The standard InChI is InChI=1S/C16H22ClN3O/c1-5-6-10(2)15-14(16(18)20(3)19-15)12-9-11(17)7-8-13(12)21-4/h7-10H,5-6,18H2,1-4H3. The predicted octanol–water partition coefficient (Wildman–Crippen LogP) is 4.23. The van der Waals surface area contributed by atoms with Crippen molar-refractivity contribution < 1.29 is 4.74 Å². The summed E-state index contributed by atoms with van der Waals surface area (Å²) in [4.78, 5) is 0. The molecule has 1 aromatic carbocycles. The molecular formula is C16H22ClN3O. The van der Waals surface area contributed by atoms with Gasteiger partial charge in [0, 0.05) is 23.6 Å². The molecule has 1 heterocycles. The van der Waals surface area contributed by atoms with E-state index < -0.39 is 0 Å². The number of anilines is 1. The Kier molecular flexibility index (Phi) is 4.78. The van der Waals surface area contributed by atoms with Crippen LogP contribution in [0.2, 0.25) is 5.02 Å². The van der Waals surface area contributed by atoms with Gasteiger partial charge < -0.3 is 10.5 Å². The largest absolute Gasteiger partial charge is 0.496 e. The first kappa shape index (κ1) is 15.7. The predicted molar refractivity (Wildman–Crippen MR) is 87.9 cm³/mol. The molecule has 2 aromatic rings. The minimum atomic E-state index is 0.331. The van der Waals surface area contributed by atoms with E-state index in [0.29, 0.717) is 16.8 Å². The van der Waals surface area contributed by atoms with E-state index >= 15 is 0 Å². The van der Waals surface area contributed by atoms with Crippen LogP contribution in [0.1, 0.15) is 38.3 Å². The molecule has 0 bridgehead atoms. The van der Waals surface area contributed by atoms with Crippen molar-refractivity contribution in [3.63, 3.8) is 0 Å². The van der Waals surface area contributed by atoms with Crippen LogP contribution in [-0.4, -0.2) is 16.9 Å². The Bertz CT molecular complexity index is 637. The molecule has 1 aromatic heterocycles. The smallest absolute Gasteiger partial charge is 0.129 e. The molecule has 0 spiro atoms. The Morgan fingerprint density at radius 1 is 1.43 bits per heavy atom. The fraction of sp³-hybridized carbons (Fsp3) is 0.438. The molecule has 1 unspecified atom stereocenters. The molecule has 2 N–H and O–H groups in total. The molecule has 21 heavy (non-hydrogen) atoms. The number of rotatable bonds is 5. The van der Waals surface area contributed by atoms with E-state index in [9.17, 15) is 0 Å². The monoisotopic (exact) mass is 307 g/mol. The fourth-order valence-corrected chi connectivity index (χ4v) is 2.80. The summed E-state index contributed by atoms with van der Waals surface area (Å²) in [5.41, 5.74) is 9.07. The summed E-state index contributed by atoms with van der Waals surface area (Å²) >= 11 is 6.15. The number of nitrogens with two attached hydrogens (primary N) is 1. The normalized spacial score (nSPS) is 12.4. The number of halogens is 1. The number of aromatic nitrogens is 2. The van der Waals surface area contributed by atoms with Crippen LogP contribution in [0.15, 0.2) is 18.2 Å². The van der Waals surface area contributed by atoms with Crippen LogP contribution in [-0.2, 0) is 7.05 Å². The first-order chi connectivity index (χ1) is 9.99. The Morgan fingerprint density at radius 3 is 2.76 bits per heavy atom. The molecule has 0 amide bonds. The minimum absolute atomic E-state index is 0.331. The second kappa shape index (κ2) is 6.39. The number of nitrogen functional groups attached to an aromatic ring is 1. The second-order valence-corrected chi connectivity index (χ2v) is 5.74. The summed E-state index contributed by atoms with van der Waals surface area (Å²) in [6.07, 6.45) is 2.16. The van der Waals surface area contributed by atoms with Crippen molar-refractivity contribution in [3.8, 4) is 16.9 Å². The molecule has 0 fully saturated rings. The van der Waals surface area contributed by atoms with Crippen molar-refractivity contribution in [2.24, 2.45) is 7.05 Å². The van der Waals surface area contributed by atoms with Gasteiger partial charge in [-0.3, -0.25) is 4.68 Å². The van der Waals surface area contributed by atoms with E-state index in [0.717, 1.165) is 35.4 Å². The van der Waals surface area contributed by atoms with Crippen LogP contribution in [0.3, 0.4) is 0 Å². The first-order valence-electron chi connectivity index (χ1n) is 7.15. The Morgan fingerprint density at radius 2 is 2.14 bits per heavy atom. The number of benzene rings is 1. The van der Waals surface area contributed by atoms with Gasteiger partial charge >= 0.3 is 0 Å². The minimum Gasteiger partial charge on any atom is -0.496 e. The van der Waals surface area contributed by atoms with Crippen LogP contribution in [0, 0.1) is 0 Å². The molecule has 0 aliphatic rings. The summed E-state index contributed by atoms with van der Waals surface area (Å²) in [6, 6.07) is 5.56. The van der Waals surface area contributed by atoms with Crippen molar-refractivity contribution in [1.29, 1.82) is 0 Å². The maximum atomic E-state index is 6.24. The van der Waals surface area contributed by atoms with Crippen molar-refractivity contribution in [3.05, 3.63) is 28.9 Å². The Balaban J connectivity index is 2.65. The summed E-state index contributed by atoms with van der Waals surface area (Å²) in [5, 5.41) is 5.26. The Labute approximate surface area is 130 Å². The lowest BCUT2D eigenvalue weighted by Gasteiger charge is -2.13. The maximum absolute atomic E-state index is 6.24. The number of nitrogens with zero attached hydrogens (tertiary/aromatic N) is 2. The lowest BCUT2D eigenvalue weighted by Crippen LogP contribution is -1.98. The van der Waals surface area contributed by atoms with Gasteiger partial charge in [-0.1, -0.05) is 31.9 Å². The molecule has 0 aliphatic heterocycles. The van der Waals surface area contributed by atoms with Gasteiger partial charge in [0.15, 0.2) is 0 Å². The van der Waals surface area contributed by atoms with Crippen LogP contribution in [0.25, 0.3) is 11.1 Å². The summed E-state index contributed by atoms with van der Waals surface area (Å²) in [5.74, 6) is 1.72. The molecule has 1 atom stereocenters. The van der Waals surface area contributed by atoms with Gasteiger partial charge in [-0.2, -0.15) is 5.10 Å².